The molecule has 0 saturated heterocycles. The van der Waals surface area contributed by atoms with Crippen molar-refractivity contribution < 1.29 is 9.53 Å². The number of fused-ring (bicyclic) bond motifs is 1. The van der Waals surface area contributed by atoms with Gasteiger partial charge >= 0.3 is 6.03 Å². The molecule has 2 aromatic heterocycles. The molecule has 0 unspecified atom stereocenters. The van der Waals surface area contributed by atoms with E-state index in [1.165, 1.54) is 5.56 Å². The zero-order valence-corrected chi connectivity index (χ0v) is 18.3. The number of rotatable bonds is 8. The summed E-state index contributed by atoms with van der Waals surface area (Å²) >= 11 is 0. The lowest BCUT2D eigenvalue weighted by Gasteiger charge is -2.11. The Morgan fingerprint density at radius 2 is 1.97 bits per heavy atom. The number of nitrogen functional groups attached to an aromatic ring is 1. The Hall–Kier alpha value is -3.13. The van der Waals surface area contributed by atoms with Crippen molar-refractivity contribution in [2.24, 2.45) is 0 Å². The number of carbonyl (C=O) groups is 1. The van der Waals surface area contributed by atoms with Gasteiger partial charge in [0.15, 0.2) is 5.82 Å². The fraction of sp³-hybridized carbons (Fsp3) is 0.435. The highest BCUT2D eigenvalue weighted by Crippen LogP contribution is 2.40. The van der Waals surface area contributed by atoms with Gasteiger partial charge in [0.25, 0.3) is 0 Å². The Labute approximate surface area is 182 Å². The molecule has 8 nitrogen and oxygen atoms in total. The third-order valence-corrected chi connectivity index (χ3v) is 5.91. The van der Waals surface area contributed by atoms with Gasteiger partial charge in [-0.05, 0) is 38.3 Å². The first-order chi connectivity index (χ1) is 15.0. The Morgan fingerprint density at radius 3 is 2.74 bits per heavy atom. The quantitative estimate of drug-likeness (QED) is 0.484. The molecule has 3 aromatic rings. The van der Waals surface area contributed by atoms with Crippen LogP contribution in [0.1, 0.15) is 35.0 Å². The molecular formula is C23H30N6O2. The predicted molar refractivity (Wildman–Crippen MR) is 121 cm³/mol. The smallest absolute Gasteiger partial charge is 0.315 e. The number of imidazole rings is 1. The highest BCUT2D eigenvalue weighted by atomic mass is 16.5. The summed E-state index contributed by atoms with van der Waals surface area (Å²) in [4.78, 5) is 21.0. The van der Waals surface area contributed by atoms with E-state index in [0.29, 0.717) is 38.0 Å². The minimum atomic E-state index is -0.141. The van der Waals surface area contributed by atoms with Crippen LogP contribution in [0.15, 0.2) is 30.3 Å². The van der Waals surface area contributed by atoms with Gasteiger partial charge in [-0.1, -0.05) is 30.3 Å². The summed E-state index contributed by atoms with van der Waals surface area (Å²) in [7, 11) is 0. The molecule has 4 N–H and O–H groups in total. The number of pyridine rings is 1. The van der Waals surface area contributed by atoms with Crippen LogP contribution in [-0.4, -0.2) is 46.4 Å². The van der Waals surface area contributed by atoms with Crippen molar-refractivity contribution in [2.45, 2.75) is 45.7 Å². The molecule has 1 saturated carbocycles. The molecule has 2 heterocycles. The number of aromatic nitrogens is 3. The van der Waals surface area contributed by atoms with Gasteiger partial charge in [0.2, 0.25) is 0 Å². The number of carbonyl (C=O) groups excluding carboxylic acids is 1. The van der Waals surface area contributed by atoms with Crippen LogP contribution in [0.3, 0.4) is 0 Å². The molecule has 0 spiro atoms. The highest BCUT2D eigenvalue weighted by molar-refractivity contribution is 5.88. The summed E-state index contributed by atoms with van der Waals surface area (Å²) < 4.78 is 7.85. The van der Waals surface area contributed by atoms with Crippen molar-refractivity contribution in [3.8, 4) is 0 Å². The molecule has 1 aliphatic carbocycles. The van der Waals surface area contributed by atoms with Gasteiger partial charge in [-0.15, -0.1) is 0 Å². The van der Waals surface area contributed by atoms with Crippen LogP contribution < -0.4 is 16.4 Å². The molecule has 0 radical (unpaired) electrons. The van der Waals surface area contributed by atoms with Crippen LogP contribution >= 0.6 is 0 Å². The van der Waals surface area contributed by atoms with Gasteiger partial charge in [0.1, 0.15) is 11.3 Å². The largest absolute Gasteiger partial charge is 0.382 e. The fourth-order valence-electron chi connectivity index (χ4n) is 4.02. The van der Waals surface area contributed by atoms with Gasteiger partial charge in [-0.2, -0.15) is 0 Å². The molecular weight excluding hydrogens is 392 g/mol. The van der Waals surface area contributed by atoms with Gasteiger partial charge in [-0.3, -0.25) is 0 Å². The van der Waals surface area contributed by atoms with Crippen molar-refractivity contribution in [3.63, 3.8) is 0 Å². The summed E-state index contributed by atoms with van der Waals surface area (Å²) in [5.74, 6) is 1.77. The van der Waals surface area contributed by atoms with Gasteiger partial charge in [-0.25, -0.2) is 14.8 Å². The maximum Gasteiger partial charge on any atom is 0.315 e. The van der Waals surface area contributed by atoms with Crippen LogP contribution in [0.2, 0.25) is 0 Å². The lowest BCUT2D eigenvalue weighted by Crippen LogP contribution is -2.39. The standard InChI is InChI=1S/C23H30N6O2/c1-14-15(2)26-22(24)20-21(14)29(16(3)27-20)10-12-31-11-9-25-23(30)28-19-13-18(19)17-7-5-4-6-8-17/h4-8,18-19H,9-13H2,1-3H3,(H2,24,26)(H2,25,28,30)/t18-,19+/m0/s1. The summed E-state index contributed by atoms with van der Waals surface area (Å²) in [6.07, 6.45) is 0.991. The number of benzene rings is 1. The van der Waals surface area contributed by atoms with E-state index >= 15 is 0 Å². The summed E-state index contributed by atoms with van der Waals surface area (Å²) in [6.45, 7) is 8.05. The third kappa shape index (κ3) is 4.64. The predicted octanol–water partition coefficient (Wildman–Crippen LogP) is 2.81. The van der Waals surface area contributed by atoms with Crippen LogP contribution in [-0.2, 0) is 11.3 Å². The summed E-state index contributed by atoms with van der Waals surface area (Å²) in [5, 5.41) is 5.89. The number of hydrogen-bond donors (Lipinski definition) is 3. The van der Waals surface area contributed by atoms with Crippen LogP contribution in [0.4, 0.5) is 10.6 Å². The number of hydrogen-bond acceptors (Lipinski definition) is 5. The van der Waals surface area contributed by atoms with Gasteiger partial charge < -0.3 is 25.7 Å². The lowest BCUT2D eigenvalue weighted by atomic mass is 10.1. The molecule has 0 bridgehead atoms. The topological polar surface area (TPSA) is 107 Å². The normalized spacial score (nSPS) is 17.6. The zero-order valence-electron chi connectivity index (χ0n) is 18.3. The number of nitrogens with zero attached hydrogens (tertiary/aromatic N) is 3. The number of amides is 2. The van der Waals surface area contributed by atoms with Crippen molar-refractivity contribution in [1.29, 1.82) is 0 Å². The van der Waals surface area contributed by atoms with E-state index in [4.69, 9.17) is 10.5 Å². The number of urea groups is 1. The maximum absolute atomic E-state index is 12.1. The SMILES string of the molecule is Cc1nc(N)c2nc(C)n(CCOCCNC(=O)N[C@@H]3C[C@H]3c3ccccc3)c2c1C. The first-order valence-corrected chi connectivity index (χ1v) is 10.7. The molecule has 2 atom stereocenters. The minimum Gasteiger partial charge on any atom is -0.382 e. The minimum absolute atomic E-state index is 0.141. The molecule has 2 amide bonds. The molecule has 0 aliphatic heterocycles. The summed E-state index contributed by atoms with van der Waals surface area (Å²) in [6, 6.07) is 10.4. The van der Waals surface area contributed by atoms with Crippen molar-refractivity contribution in [3.05, 3.63) is 53.0 Å². The summed E-state index contributed by atoms with van der Waals surface area (Å²) in [5.41, 5.74) is 11.1. The van der Waals surface area contributed by atoms with E-state index in [0.717, 1.165) is 34.5 Å². The third-order valence-electron chi connectivity index (χ3n) is 5.91. The first-order valence-electron chi connectivity index (χ1n) is 10.7. The highest BCUT2D eigenvalue weighted by Gasteiger charge is 2.39. The number of anilines is 1. The van der Waals surface area contributed by atoms with Crippen LogP contribution in [0, 0.1) is 20.8 Å². The van der Waals surface area contributed by atoms with E-state index in [2.05, 4.69) is 37.3 Å². The number of nitrogens with two attached hydrogens (primary N) is 1. The zero-order chi connectivity index (χ0) is 22.0. The number of aryl methyl sites for hydroxylation is 3. The van der Waals surface area contributed by atoms with Crippen molar-refractivity contribution in [2.75, 3.05) is 25.5 Å². The van der Waals surface area contributed by atoms with E-state index in [-0.39, 0.29) is 12.1 Å². The number of nitrogens with one attached hydrogen (secondary N) is 2. The molecule has 8 heteroatoms. The second-order valence-corrected chi connectivity index (χ2v) is 8.09. The van der Waals surface area contributed by atoms with E-state index in [1.807, 2.05) is 39.0 Å². The average Bonchev–Trinajstić information content (AvgIpc) is 3.43. The van der Waals surface area contributed by atoms with E-state index in [1.54, 1.807) is 0 Å². The fourth-order valence-corrected chi connectivity index (χ4v) is 4.02. The number of ether oxygens (including phenoxy) is 1. The van der Waals surface area contributed by atoms with Gasteiger partial charge in [0, 0.05) is 30.7 Å². The van der Waals surface area contributed by atoms with Crippen molar-refractivity contribution >= 4 is 22.9 Å². The Balaban J connectivity index is 1.19. The molecule has 1 aromatic carbocycles. The van der Waals surface area contributed by atoms with E-state index in [9.17, 15) is 4.79 Å². The second-order valence-electron chi connectivity index (χ2n) is 8.09. The lowest BCUT2D eigenvalue weighted by molar-refractivity contribution is 0.129. The Bertz CT molecular complexity index is 1080. The molecule has 4 rings (SSSR count). The first kappa shape index (κ1) is 21.1. The monoisotopic (exact) mass is 422 g/mol. The molecule has 1 aliphatic rings. The molecule has 1 fully saturated rings. The average molecular weight is 423 g/mol. The van der Waals surface area contributed by atoms with E-state index < -0.39 is 0 Å². The maximum atomic E-state index is 12.1. The second kappa shape index (κ2) is 8.93. The Morgan fingerprint density at radius 1 is 1.19 bits per heavy atom. The molecule has 31 heavy (non-hydrogen) atoms. The van der Waals surface area contributed by atoms with Crippen LogP contribution in [0.5, 0.6) is 0 Å². The Kier molecular flexibility index (Phi) is 6.08. The van der Waals surface area contributed by atoms with Gasteiger partial charge in [0.05, 0.1) is 18.7 Å². The van der Waals surface area contributed by atoms with Crippen molar-refractivity contribution in [1.82, 2.24) is 25.2 Å². The van der Waals surface area contributed by atoms with Crippen LogP contribution in [0.25, 0.3) is 11.0 Å². The molecule has 164 valence electrons.